The van der Waals surface area contributed by atoms with E-state index in [1.807, 2.05) is 0 Å². The SMILES string of the molecule is CC(Br)C1CCN(C(=O)c2ccc([N+](=O)[O-])o2)CC1. The summed E-state index contributed by atoms with van der Waals surface area (Å²) < 4.78 is 4.93. The van der Waals surface area contributed by atoms with Crippen LogP contribution in [0, 0.1) is 16.0 Å². The number of rotatable bonds is 3. The quantitative estimate of drug-likeness (QED) is 0.485. The maximum Gasteiger partial charge on any atom is 0.433 e. The number of furan rings is 1. The number of likely N-dealkylation sites (tertiary alicyclic amines) is 1. The second-order valence-corrected chi connectivity index (χ2v) is 6.15. The van der Waals surface area contributed by atoms with Crippen LogP contribution >= 0.6 is 15.9 Å². The van der Waals surface area contributed by atoms with Gasteiger partial charge in [-0.1, -0.05) is 22.9 Å². The Kier molecular flexibility index (Phi) is 4.24. The molecule has 1 fully saturated rings. The van der Waals surface area contributed by atoms with Gasteiger partial charge in [-0.15, -0.1) is 0 Å². The molecule has 2 rings (SSSR count). The van der Waals surface area contributed by atoms with Crippen LogP contribution in [0.25, 0.3) is 0 Å². The Labute approximate surface area is 119 Å². The summed E-state index contributed by atoms with van der Waals surface area (Å²) in [7, 11) is 0. The number of nitrogens with zero attached hydrogens (tertiary/aromatic N) is 2. The molecule has 1 saturated heterocycles. The fourth-order valence-corrected chi connectivity index (χ4v) is 2.79. The monoisotopic (exact) mass is 330 g/mol. The number of hydrogen-bond acceptors (Lipinski definition) is 4. The highest BCUT2D eigenvalue weighted by molar-refractivity contribution is 9.09. The molecule has 19 heavy (non-hydrogen) atoms. The van der Waals surface area contributed by atoms with E-state index in [-0.39, 0.29) is 11.7 Å². The zero-order chi connectivity index (χ0) is 14.0. The number of piperidine rings is 1. The molecule has 2 heterocycles. The number of amides is 1. The summed E-state index contributed by atoms with van der Waals surface area (Å²) in [5.41, 5.74) is 0. The van der Waals surface area contributed by atoms with Gasteiger partial charge in [0, 0.05) is 17.9 Å². The van der Waals surface area contributed by atoms with Gasteiger partial charge in [0.15, 0.2) is 5.76 Å². The predicted molar refractivity (Wildman–Crippen MR) is 72.4 cm³/mol. The molecule has 1 amide bonds. The summed E-state index contributed by atoms with van der Waals surface area (Å²) in [4.78, 5) is 24.1. The summed E-state index contributed by atoms with van der Waals surface area (Å²) >= 11 is 3.56. The van der Waals surface area contributed by atoms with Crippen molar-refractivity contribution in [2.24, 2.45) is 5.92 Å². The van der Waals surface area contributed by atoms with Crippen molar-refractivity contribution in [3.63, 3.8) is 0 Å². The molecule has 104 valence electrons. The van der Waals surface area contributed by atoms with Crippen molar-refractivity contribution in [3.05, 3.63) is 28.0 Å². The van der Waals surface area contributed by atoms with Crippen LogP contribution in [0.15, 0.2) is 16.5 Å². The molecule has 0 aliphatic carbocycles. The fourth-order valence-electron chi connectivity index (χ4n) is 2.26. The minimum atomic E-state index is -0.643. The lowest BCUT2D eigenvalue weighted by atomic mass is 9.94. The van der Waals surface area contributed by atoms with Gasteiger partial charge in [-0.25, -0.2) is 0 Å². The molecule has 1 atom stereocenters. The van der Waals surface area contributed by atoms with Crippen molar-refractivity contribution in [1.82, 2.24) is 4.90 Å². The number of hydrogen-bond donors (Lipinski definition) is 0. The Hall–Kier alpha value is -1.37. The van der Waals surface area contributed by atoms with Gasteiger partial charge in [0.25, 0.3) is 5.91 Å². The van der Waals surface area contributed by atoms with Crippen LogP contribution in [-0.4, -0.2) is 33.6 Å². The van der Waals surface area contributed by atoms with Gasteiger partial charge in [0.2, 0.25) is 0 Å². The molecule has 7 heteroatoms. The highest BCUT2D eigenvalue weighted by Gasteiger charge is 2.28. The van der Waals surface area contributed by atoms with Gasteiger partial charge in [-0.05, 0) is 24.8 Å². The molecule has 1 unspecified atom stereocenters. The van der Waals surface area contributed by atoms with Crippen molar-refractivity contribution in [2.45, 2.75) is 24.6 Å². The molecule has 1 aromatic rings. The van der Waals surface area contributed by atoms with E-state index < -0.39 is 10.8 Å². The Morgan fingerprint density at radius 3 is 2.63 bits per heavy atom. The van der Waals surface area contributed by atoms with Crippen LogP contribution in [0.4, 0.5) is 5.88 Å². The first-order chi connectivity index (χ1) is 8.99. The van der Waals surface area contributed by atoms with E-state index in [0.717, 1.165) is 12.8 Å². The molecule has 0 aromatic carbocycles. The highest BCUT2D eigenvalue weighted by Crippen LogP contribution is 2.26. The first-order valence-corrected chi connectivity index (χ1v) is 7.08. The van der Waals surface area contributed by atoms with Gasteiger partial charge < -0.3 is 9.32 Å². The Morgan fingerprint density at radius 1 is 1.53 bits per heavy atom. The number of carbonyl (C=O) groups excluding carboxylic acids is 1. The van der Waals surface area contributed by atoms with Crippen LogP contribution in [0.5, 0.6) is 0 Å². The standard InChI is InChI=1S/C12H15BrN2O4/c1-8(13)9-4-6-14(7-5-9)12(16)10-2-3-11(19-10)15(17)18/h2-3,8-9H,4-7H2,1H3. The maximum atomic E-state index is 12.1. The summed E-state index contributed by atoms with van der Waals surface area (Å²) in [6.07, 6.45) is 1.86. The summed E-state index contributed by atoms with van der Waals surface area (Å²) in [6, 6.07) is 2.57. The molecular weight excluding hydrogens is 316 g/mol. The minimum absolute atomic E-state index is 0.0389. The lowest BCUT2D eigenvalue weighted by Crippen LogP contribution is -2.39. The largest absolute Gasteiger partial charge is 0.433 e. The zero-order valence-corrected chi connectivity index (χ0v) is 12.1. The molecule has 0 N–H and O–H groups in total. The molecule has 0 saturated carbocycles. The summed E-state index contributed by atoms with van der Waals surface area (Å²) in [5, 5.41) is 10.5. The number of nitro groups is 1. The highest BCUT2D eigenvalue weighted by atomic mass is 79.9. The molecule has 1 aromatic heterocycles. The van der Waals surface area contributed by atoms with Crippen LogP contribution in [0.3, 0.4) is 0 Å². The average molecular weight is 331 g/mol. The summed E-state index contributed by atoms with van der Waals surface area (Å²) in [5.74, 6) is -0.0619. The van der Waals surface area contributed by atoms with Crippen LogP contribution in [0.2, 0.25) is 0 Å². The Balaban J connectivity index is 1.99. The first kappa shape index (κ1) is 14.0. The second kappa shape index (κ2) is 5.73. The van der Waals surface area contributed by atoms with Crippen LogP contribution in [-0.2, 0) is 0 Å². The molecule has 1 aliphatic rings. The first-order valence-electron chi connectivity index (χ1n) is 6.16. The molecular formula is C12H15BrN2O4. The minimum Gasteiger partial charge on any atom is -0.395 e. The van der Waals surface area contributed by atoms with E-state index in [1.165, 1.54) is 12.1 Å². The topological polar surface area (TPSA) is 76.6 Å². The fraction of sp³-hybridized carbons (Fsp3) is 0.583. The smallest absolute Gasteiger partial charge is 0.395 e. The normalized spacial score (nSPS) is 18.3. The van der Waals surface area contributed by atoms with Crippen molar-refractivity contribution >= 4 is 27.7 Å². The van der Waals surface area contributed by atoms with Crippen molar-refractivity contribution in [2.75, 3.05) is 13.1 Å². The lowest BCUT2D eigenvalue weighted by molar-refractivity contribution is -0.402. The van der Waals surface area contributed by atoms with E-state index >= 15 is 0 Å². The third-order valence-corrected chi connectivity index (χ3v) is 4.21. The van der Waals surface area contributed by atoms with Gasteiger partial charge in [0.1, 0.15) is 4.92 Å². The van der Waals surface area contributed by atoms with Gasteiger partial charge in [-0.3, -0.25) is 14.9 Å². The molecule has 0 bridgehead atoms. The number of alkyl halides is 1. The van der Waals surface area contributed by atoms with E-state index in [1.54, 1.807) is 4.90 Å². The van der Waals surface area contributed by atoms with E-state index in [9.17, 15) is 14.9 Å². The Bertz CT molecular complexity index is 478. The molecule has 1 aliphatic heterocycles. The molecule has 0 radical (unpaired) electrons. The second-order valence-electron chi connectivity index (χ2n) is 4.70. The molecule has 6 nitrogen and oxygen atoms in total. The van der Waals surface area contributed by atoms with Crippen molar-refractivity contribution in [3.8, 4) is 0 Å². The number of halogens is 1. The maximum absolute atomic E-state index is 12.1. The van der Waals surface area contributed by atoms with E-state index in [0.29, 0.717) is 23.8 Å². The van der Waals surface area contributed by atoms with Gasteiger partial charge >= 0.3 is 5.88 Å². The molecule has 0 spiro atoms. The van der Waals surface area contributed by atoms with Crippen LogP contribution < -0.4 is 0 Å². The van der Waals surface area contributed by atoms with Gasteiger partial charge in [-0.2, -0.15) is 0 Å². The summed E-state index contributed by atoms with van der Waals surface area (Å²) in [6.45, 7) is 3.43. The van der Waals surface area contributed by atoms with E-state index in [4.69, 9.17) is 4.42 Å². The van der Waals surface area contributed by atoms with Crippen molar-refractivity contribution < 1.29 is 14.1 Å². The Morgan fingerprint density at radius 2 is 2.16 bits per heavy atom. The third-order valence-electron chi connectivity index (χ3n) is 3.46. The van der Waals surface area contributed by atoms with Crippen molar-refractivity contribution in [1.29, 1.82) is 0 Å². The average Bonchev–Trinajstić information content (AvgIpc) is 2.87. The van der Waals surface area contributed by atoms with E-state index in [2.05, 4.69) is 22.9 Å². The lowest BCUT2D eigenvalue weighted by Gasteiger charge is -2.32. The number of carbonyl (C=O) groups is 1. The van der Waals surface area contributed by atoms with Crippen LogP contribution in [0.1, 0.15) is 30.3 Å². The van der Waals surface area contributed by atoms with Gasteiger partial charge in [0.05, 0.1) is 6.07 Å². The predicted octanol–water partition coefficient (Wildman–Crippen LogP) is 2.82. The third kappa shape index (κ3) is 3.15. The zero-order valence-electron chi connectivity index (χ0n) is 10.5.